The van der Waals surface area contributed by atoms with Crippen molar-refractivity contribution in [1.82, 2.24) is 0 Å². The Labute approximate surface area is 98.8 Å². The van der Waals surface area contributed by atoms with Gasteiger partial charge < -0.3 is 25.1 Å². The van der Waals surface area contributed by atoms with E-state index in [9.17, 15) is 14.7 Å². The molecule has 0 saturated carbocycles. The summed E-state index contributed by atoms with van der Waals surface area (Å²) in [5, 5.41) is 9.50. The highest BCUT2D eigenvalue weighted by Gasteiger charge is 2.45. The smallest absolute Gasteiger partial charge is 0.303 e. The van der Waals surface area contributed by atoms with Gasteiger partial charge in [-0.15, -0.1) is 0 Å². The molecule has 0 bridgehead atoms. The number of rotatable bonds is 2. The molecule has 0 aliphatic carbocycles. The predicted molar refractivity (Wildman–Crippen MR) is 55.6 cm³/mol. The lowest BCUT2D eigenvalue weighted by molar-refractivity contribution is -0.249. The Bertz CT molecular complexity index is 307. The van der Waals surface area contributed by atoms with Crippen LogP contribution in [0.4, 0.5) is 0 Å². The van der Waals surface area contributed by atoms with E-state index >= 15 is 0 Å². The molecule has 0 amide bonds. The zero-order valence-corrected chi connectivity index (χ0v) is 9.95. The summed E-state index contributed by atoms with van der Waals surface area (Å²) in [6.45, 7) is 4.04. The number of carbonyl (C=O) groups excluding carboxylic acids is 2. The van der Waals surface area contributed by atoms with E-state index < -0.39 is 42.6 Å². The standard InChI is InChI=1S/C10H17NO6/c1-4-8(16-5(2)12)9(17-6(3)13)7(11)10(14)15-4/h4,7-10,14H,11H2,1-3H3/t4-,7-,8-,9-,10+/m1/s1. The molecule has 1 fully saturated rings. The first-order valence-electron chi connectivity index (χ1n) is 5.26. The number of nitrogens with two attached hydrogens (primary N) is 1. The molecular weight excluding hydrogens is 230 g/mol. The Morgan fingerprint density at radius 1 is 1.18 bits per heavy atom. The van der Waals surface area contributed by atoms with Crippen molar-refractivity contribution in [3.8, 4) is 0 Å². The summed E-state index contributed by atoms with van der Waals surface area (Å²) in [5.74, 6) is -1.10. The molecule has 0 radical (unpaired) electrons. The van der Waals surface area contributed by atoms with E-state index in [1.54, 1.807) is 6.92 Å². The van der Waals surface area contributed by atoms with Gasteiger partial charge >= 0.3 is 11.9 Å². The minimum absolute atomic E-state index is 0.536. The van der Waals surface area contributed by atoms with Crippen LogP contribution in [0.25, 0.3) is 0 Å². The van der Waals surface area contributed by atoms with Crippen LogP contribution in [-0.4, -0.2) is 47.7 Å². The first kappa shape index (κ1) is 13.9. The van der Waals surface area contributed by atoms with Gasteiger partial charge in [0.05, 0.1) is 12.1 Å². The summed E-state index contributed by atoms with van der Waals surface area (Å²) in [5.41, 5.74) is 5.66. The van der Waals surface area contributed by atoms with Gasteiger partial charge in [0, 0.05) is 13.8 Å². The third-order valence-corrected chi connectivity index (χ3v) is 2.45. The highest BCUT2D eigenvalue weighted by Crippen LogP contribution is 2.23. The monoisotopic (exact) mass is 247 g/mol. The lowest BCUT2D eigenvalue weighted by Gasteiger charge is -2.41. The summed E-state index contributed by atoms with van der Waals surface area (Å²) in [6.07, 6.45) is -3.62. The molecule has 0 aromatic rings. The van der Waals surface area contributed by atoms with Crippen LogP contribution < -0.4 is 5.73 Å². The van der Waals surface area contributed by atoms with Crippen LogP contribution in [0.5, 0.6) is 0 Å². The number of aliphatic hydroxyl groups is 1. The fourth-order valence-corrected chi connectivity index (χ4v) is 1.73. The molecule has 3 N–H and O–H groups in total. The Morgan fingerprint density at radius 3 is 2.12 bits per heavy atom. The molecule has 0 aromatic carbocycles. The van der Waals surface area contributed by atoms with Crippen LogP contribution in [0.15, 0.2) is 0 Å². The van der Waals surface area contributed by atoms with Crippen LogP contribution in [0.3, 0.4) is 0 Å². The molecule has 0 unspecified atom stereocenters. The molecule has 1 saturated heterocycles. The SMILES string of the molecule is CC(=O)O[C@@H]1[C@@H](N)[C@@H](O)O[C@H](C)[C@H]1OC(C)=O. The van der Waals surface area contributed by atoms with E-state index in [1.165, 1.54) is 13.8 Å². The summed E-state index contributed by atoms with van der Waals surface area (Å²) in [6, 6.07) is -0.959. The fourth-order valence-electron chi connectivity index (χ4n) is 1.73. The molecule has 1 aliphatic heterocycles. The summed E-state index contributed by atoms with van der Waals surface area (Å²) in [4.78, 5) is 21.9. The predicted octanol–water partition coefficient (Wildman–Crippen LogP) is -1.09. The normalized spacial score (nSPS) is 37.4. The van der Waals surface area contributed by atoms with E-state index in [4.69, 9.17) is 19.9 Å². The van der Waals surface area contributed by atoms with E-state index in [1.807, 2.05) is 0 Å². The molecule has 7 heteroatoms. The summed E-state index contributed by atoms with van der Waals surface area (Å²) >= 11 is 0. The Hall–Kier alpha value is -1.18. The molecule has 1 rings (SSSR count). The van der Waals surface area contributed by atoms with Gasteiger partial charge in [-0.05, 0) is 6.92 Å². The molecule has 0 aromatic heterocycles. The number of esters is 2. The van der Waals surface area contributed by atoms with Gasteiger partial charge in [-0.3, -0.25) is 9.59 Å². The maximum absolute atomic E-state index is 11.0. The van der Waals surface area contributed by atoms with Crippen molar-refractivity contribution in [2.45, 2.75) is 51.4 Å². The maximum atomic E-state index is 11.0. The zero-order chi connectivity index (χ0) is 13.2. The first-order chi connectivity index (χ1) is 7.82. The average molecular weight is 247 g/mol. The van der Waals surface area contributed by atoms with Gasteiger partial charge in [0.15, 0.2) is 18.5 Å². The Kier molecular flexibility index (Phi) is 4.44. The van der Waals surface area contributed by atoms with E-state index in [2.05, 4.69) is 0 Å². The minimum Gasteiger partial charge on any atom is -0.457 e. The number of ether oxygens (including phenoxy) is 3. The minimum atomic E-state index is -1.26. The van der Waals surface area contributed by atoms with Crippen LogP contribution in [0.2, 0.25) is 0 Å². The number of aliphatic hydroxyl groups excluding tert-OH is 1. The lowest BCUT2D eigenvalue weighted by Crippen LogP contribution is -2.62. The van der Waals surface area contributed by atoms with Crippen molar-refractivity contribution in [3.05, 3.63) is 0 Å². The Balaban J connectivity index is 2.86. The van der Waals surface area contributed by atoms with Gasteiger partial charge in [-0.2, -0.15) is 0 Å². The van der Waals surface area contributed by atoms with Crippen molar-refractivity contribution in [3.63, 3.8) is 0 Å². The summed E-state index contributed by atoms with van der Waals surface area (Å²) < 4.78 is 15.1. The van der Waals surface area contributed by atoms with Crippen molar-refractivity contribution >= 4 is 11.9 Å². The van der Waals surface area contributed by atoms with Crippen molar-refractivity contribution in [2.75, 3.05) is 0 Å². The maximum Gasteiger partial charge on any atom is 0.303 e. The van der Waals surface area contributed by atoms with E-state index in [0.29, 0.717) is 0 Å². The third-order valence-electron chi connectivity index (χ3n) is 2.45. The molecule has 1 aliphatic rings. The van der Waals surface area contributed by atoms with Crippen molar-refractivity contribution < 1.29 is 28.9 Å². The van der Waals surface area contributed by atoms with Crippen LogP contribution in [0.1, 0.15) is 20.8 Å². The summed E-state index contributed by atoms with van der Waals surface area (Å²) in [7, 11) is 0. The quantitative estimate of drug-likeness (QED) is 0.597. The molecule has 7 nitrogen and oxygen atoms in total. The van der Waals surface area contributed by atoms with Crippen molar-refractivity contribution in [2.24, 2.45) is 5.73 Å². The first-order valence-corrected chi connectivity index (χ1v) is 5.26. The highest BCUT2D eigenvalue weighted by atomic mass is 16.7. The van der Waals surface area contributed by atoms with Gasteiger partial charge in [0.1, 0.15) is 0 Å². The highest BCUT2D eigenvalue weighted by molar-refractivity contribution is 5.67. The molecule has 17 heavy (non-hydrogen) atoms. The number of hydrogen-bond acceptors (Lipinski definition) is 7. The number of hydrogen-bond donors (Lipinski definition) is 2. The second-order valence-electron chi connectivity index (χ2n) is 3.96. The topological polar surface area (TPSA) is 108 Å². The molecule has 1 heterocycles. The van der Waals surface area contributed by atoms with E-state index in [0.717, 1.165) is 0 Å². The van der Waals surface area contributed by atoms with Gasteiger partial charge in [-0.1, -0.05) is 0 Å². The average Bonchev–Trinajstić information content (AvgIpc) is 2.19. The van der Waals surface area contributed by atoms with Crippen LogP contribution in [0, 0.1) is 0 Å². The van der Waals surface area contributed by atoms with Crippen molar-refractivity contribution in [1.29, 1.82) is 0 Å². The van der Waals surface area contributed by atoms with Crippen LogP contribution >= 0.6 is 0 Å². The lowest BCUT2D eigenvalue weighted by atomic mass is 9.98. The second-order valence-corrected chi connectivity index (χ2v) is 3.96. The zero-order valence-electron chi connectivity index (χ0n) is 9.95. The molecular formula is C10H17NO6. The van der Waals surface area contributed by atoms with Gasteiger partial charge in [-0.25, -0.2) is 0 Å². The second kappa shape index (κ2) is 5.44. The third kappa shape index (κ3) is 3.39. The largest absolute Gasteiger partial charge is 0.457 e. The fraction of sp³-hybridized carbons (Fsp3) is 0.800. The van der Waals surface area contributed by atoms with E-state index in [-0.39, 0.29) is 0 Å². The molecule has 5 atom stereocenters. The van der Waals surface area contributed by atoms with Gasteiger partial charge in [0.2, 0.25) is 0 Å². The molecule has 98 valence electrons. The molecule has 0 spiro atoms. The van der Waals surface area contributed by atoms with Crippen LogP contribution in [-0.2, 0) is 23.8 Å². The van der Waals surface area contributed by atoms with Gasteiger partial charge in [0.25, 0.3) is 0 Å². The number of carbonyl (C=O) groups is 2. The Morgan fingerprint density at radius 2 is 1.65 bits per heavy atom.